The van der Waals surface area contributed by atoms with Crippen molar-refractivity contribution >= 4 is 29.9 Å². The van der Waals surface area contributed by atoms with Gasteiger partial charge in [0.1, 0.15) is 35.8 Å². The first-order valence-corrected chi connectivity index (χ1v) is 15.9. The summed E-state index contributed by atoms with van der Waals surface area (Å²) in [6.07, 6.45) is 2.98. The number of nitrogens with one attached hydrogen (secondary N) is 2. The number of benzene rings is 2. The number of carbonyl (C=O) groups excluding carboxylic acids is 2. The fourth-order valence-corrected chi connectivity index (χ4v) is 6.63. The van der Waals surface area contributed by atoms with E-state index in [1.807, 2.05) is 18.3 Å². The van der Waals surface area contributed by atoms with Gasteiger partial charge in [-0.25, -0.2) is 9.78 Å². The molecule has 2 aromatic carbocycles. The van der Waals surface area contributed by atoms with Crippen molar-refractivity contribution in [1.29, 1.82) is 0 Å². The SMILES string of the molecule is COc1ccc(CN[N+]23C=CN=CC2=C([C@@H]2CC[C@@H]4COC(=O)N4C2)N=C3c2ccc(C(=O)Nc3cc(C(F)(F)F)ccn3)cc2)c(OC)c1. The Hall–Kier alpha value is -5.54. The van der Waals surface area contributed by atoms with Gasteiger partial charge in [-0.2, -0.15) is 18.2 Å². The number of pyridine rings is 1. The van der Waals surface area contributed by atoms with Crippen molar-refractivity contribution in [1.82, 2.24) is 15.3 Å². The molecule has 4 aliphatic heterocycles. The number of methoxy groups -OCH3 is 2. The molecule has 7 rings (SSSR count). The lowest BCUT2D eigenvalue weighted by Crippen LogP contribution is -2.56. The Kier molecular flexibility index (Phi) is 8.61. The minimum absolute atomic E-state index is 0.0158. The topological polar surface area (TPSA) is 127 Å². The standard InChI is InChI=1S/C35H32F3N7O5/c1-48-27-10-8-23(29(16-27)49-2)17-41-45-14-13-39-18-28(45)31(24-7-9-26-20-50-34(47)44(26)19-24)43-32(45)21-3-5-22(6-4-21)33(46)42-30-15-25(11-12-40-30)35(36,37)38/h3-6,8,10-16,18,24,26,41H,7,9,17,19-20H2,1-2H3/p+1/t24-,26-,45?/m1/s1. The molecule has 3 aromatic rings. The maximum absolute atomic E-state index is 13.2. The highest BCUT2D eigenvalue weighted by atomic mass is 19.4. The number of aliphatic imine (C=N–C) groups is 2. The van der Waals surface area contributed by atoms with Crippen LogP contribution in [0.3, 0.4) is 0 Å². The van der Waals surface area contributed by atoms with Gasteiger partial charge in [0, 0.05) is 35.9 Å². The van der Waals surface area contributed by atoms with Crippen molar-refractivity contribution in [3.05, 3.63) is 107 Å². The molecule has 12 nitrogen and oxygen atoms in total. The van der Waals surface area contributed by atoms with Crippen LogP contribution in [0.5, 0.6) is 11.5 Å². The van der Waals surface area contributed by atoms with E-state index in [4.69, 9.17) is 19.2 Å². The number of hydrogen-bond donors (Lipinski definition) is 2. The van der Waals surface area contributed by atoms with Gasteiger partial charge in [-0.1, -0.05) is 6.07 Å². The van der Waals surface area contributed by atoms with Gasteiger partial charge in [0.05, 0.1) is 50.3 Å². The van der Waals surface area contributed by atoms with Crippen molar-refractivity contribution in [3.63, 3.8) is 0 Å². The number of amides is 2. The Morgan fingerprint density at radius 3 is 2.66 bits per heavy atom. The predicted molar refractivity (Wildman–Crippen MR) is 176 cm³/mol. The normalized spacial score (nSPS) is 22.5. The van der Waals surface area contributed by atoms with E-state index in [9.17, 15) is 22.8 Å². The van der Waals surface area contributed by atoms with Crippen LogP contribution < -0.4 is 20.2 Å². The lowest BCUT2D eigenvalue weighted by molar-refractivity contribution is -0.791. The van der Waals surface area contributed by atoms with E-state index < -0.39 is 17.6 Å². The number of allylic oxidation sites excluding steroid dienone is 1. The van der Waals surface area contributed by atoms with Crippen LogP contribution in [0.4, 0.5) is 23.8 Å². The second-order valence-corrected chi connectivity index (χ2v) is 12.1. The van der Waals surface area contributed by atoms with Gasteiger partial charge in [0.2, 0.25) is 5.70 Å². The van der Waals surface area contributed by atoms with Crippen LogP contribution in [0.25, 0.3) is 0 Å². The number of amidine groups is 1. The average molecular weight is 689 g/mol. The number of cyclic esters (lactones) is 1. The number of carbonyl (C=O) groups is 2. The molecule has 2 fully saturated rings. The molecule has 2 saturated heterocycles. The summed E-state index contributed by atoms with van der Waals surface area (Å²) in [5, 5.41) is 2.45. The van der Waals surface area contributed by atoms with E-state index in [1.54, 1.807) is 61.9 Å². The molecule has 2 N–H and O–H groups in total. The molecule has 50 heavy (non-hydrogen) atoms. The number of ether oxygens (including phenoxy) is 3. The Bertz CT molecular complexity index is 1960. The van der Waals surface area contributed by atoms with Crippen LogP contribution in [0.2, 0.25) is 0 Å². The van der Waals surface area contributed by atoms with Crippen LogP contribution in [0, 0.1) is 5.92 Å². The molecule has 4 aliphatic rings. The number of anilines is 1. The molecule has 0 bridgehead atoms. The number of aromatic nitrogens is 1. The number of quaternary nitrogens is 1. The van der Waals surface area contributed by atoms with E-state index in [-0.39, 0.29) is 34.0 Å². The van der Waals surface area contributed by atoms with Crippen molar-refractivity contribution in [2.45, 2.75) is 31.6 Å². The number of alkyl halides is 3. The van der Waals surface area contributed by atoms with E-state index in [0.29, 0.717) is 42.6 Å². The van der Waals surface area contributed by atoms with Gasteiger partial charge in [0.15, 0.2) is 0 Å². The molecular weight excluding hydrogens is 655 g/mol. The molecule has 2 amide bonds. The highest BCUT2D eigenvalue weighted by molar-refractivity contribution is 6.05. The molecule has 5 heterocycles. The van der Waals surface area contributed by atoms with Gasteiger partial charge >= 0.3 is 12.3 Å². The van der Waals surface area contributed by atoms with E-state index >= 15 is 0 Å². The number of fused-ring (bicyclic) bond motifs is 2. The Labute approximate surface area is 285 Å². The third kappa shape index (κ3) is 6.09. The first-order valence-electron chi connectivity index (χ1n) is 15.9. The minimum Gasteiger partial charge on any atom is -0.497 e. The first kappa shape index (κ1) is 33.0. The smallest absolute Gasteiger partial charge is 0.416 e. The third-order valence-corrected chi connectivity index (χ3v) is 9.25. The Morgan fingerprint density at radius 2 is 1.90 bits per heavy atom. The van der Waals surface area contributed by atoms with Crippen molar-refractivity contribution in [3.8, 4) is 11.5 Å². The van der Waals surface area contributed by atoms with Crippen molar-refractivity contribution in [2.24, 2.45) is 15.9 Å². The lowest BCUT2D eigenvalue weighted by atomic mass is 9.90. The van der Waals surface area contributed by atoms with E-state index in [0.717, 1.165) is 48.1 Å². The number of nitrogens with zero attached hydrogens (tertiary/aromatic N) is 5. The fraction of sp³-hybridized carbons (Fsp3) is 0.286. The van der Waals surface area contributed by atoms with Crippen LogP contribution >= 0.6 is 0 Å². The predicted octanol–water partition coefficient (Wildman–Crippen LogP) is 5.65. The summed E-state index contributed by atoms with van der Waals surface area (Å²) in [6.45, 7) is 1.17. The van der Waals surface area contributed by atoms with Crippen LogP contribution in [0.1, 0.15) is 39.9 Å². The Morgan fingerprint density at radius 1 is 1.08 bits per heavy atom. The van der Waals surface area contributed by atoms with Crippen molar-refractivity contribution in [2.75, 3.05) is 32.7 Å². The zero-order valence-electron chi connectivity index (χ0n) is 27.1. The number of halogens is 3. The third-order valence-electron chi connectivity index (χ3n) is 9.25. The maximum Gasteiger partial charge on any atom is 0.416 e. The maximum atomic E-state index is 13.2. The molecular formula is C35H33F3N7O5+. The van der Waals surface area contributed by atoms with Gasteiger partial charge in [-0.3, -0.25) is 9.79 Å². The Balaban J connectivity index is 1.22. The second-order valence-electron chi connectivity index (χ2n) is 12.1. The zero-order valence-corrected chi connectivity index (χ0v) is 27.1. The molecule has 1 unspecified atom stereocenters. The summed E-state index contributed by atoms with van der Waals surface area (Å²) < 4.78 is 55.9. The average Bonchev–Trinajstić information content (AvgIpc) is 3.68. The largest absolute Gasteiger partial charge is 0.497 e. The number of piperidine rings is 1. The quantitative estimate of drug-likeness (QED) is 0.279. The molecule has 15 heteroatoms. The van der Waals surface area contributed by atoms with Gasteiger partial charge in [-0.05, 0) is 55.3 Å². The van der Waals surface area contributed by atoms with Gasteiger partial charge in [0.25, 0.3) is 11.7 Å². The van der Waals surface area contributed by atoms with Gasteiger partial charge in [-0.15, -0.1) is 10.0 Å². The van der Waals surface area contributed by atoms with Gasteiger partial charge < -0.3 is 24.4 Å². The summed E-state index contributed by atoms with van der Waals surface area (Å²) >= 11 is 0. The fourth-order valence-electron chi connectivity index (χ4n) is 6.63. The minimum atomic E-state index is -4.58. The van der Waals surface area contributed by atoms with E-state index in [1.165, 1.54) is 0 Å². The molecule has 0 aliphatic carbocycles. The lowest BCUT2D eigenvalue weighted by Gasteiger charge is -2.34. The molecule has 258 valence electrons. The molecule has 0 radical (unpaired) electrons. The van der Waals surface area contributed by atoms with E-state index in [2.05, 4.69) is 20.7 Å². The monoisotopic (exact) mass is 688 g/mol. The highest BCUT2D eigenvalue weighted by Crippen LogP contribution is 2.41. The molecule has 0 spiro atoms. The summed E-state index contributed by atoms with van der Waals surface area (Å²) in [7, 11) is 3.17. The number of hydrogen-bond acceptors (Lipinski definition) is 9. The summed E-state index contributed by atoms with van der Waals surface area (Å²) in [6, 6.07) is 13.8. The first-order chi connectivity index (χ1) is 24.1. The molecule has 1 aromatic heterocycles. The number of rotatable bonds is 9. The summed E-state index contributed by atoms with van der Waals surface area (Å²) in [5.74, 6) is 0.945. The van der Waals surface area contributed by atoms with Crippen LogP contribution in [-0.2, 0) is 17.5 Å². The van der Waals surface area contributed by atoms with Crippen molar-refractivity contribution < 1.29 is 41.6 Å². The summed E-state index contributed by atoms with van der Waals surface area (Å²) in [5.41, 5.74) is 6.04. The zero-order chi connectivity index (χ0) is 35.0. The molecule has 3 atom stereocenters. The molecule has 0 saturated carbocycles. The second kappa shape index (κ2) is 13.1. The summed E-state index contributed by atoms with van der Waals surface area (Å²) in [4.78, 5) is 40.9. The van der Waals surface area contributed by atoms with Crippen LogP contribution in [0.15, 0.2) is 94.6 Å². The van der Waals surface area contributed by atoms with Crippen LogP contribution in [-0.4, -0.2) is 71.9 Å². The highest BCUT2D eigenvalue weighted by Gasteiger charge is 2.50.